The number of rotatable bonds is 6. The highest BCUT2D eigenvalue weighted by molar-refractivity contribution is 7.15. The first kappa shape index (κ1) is 14.9. The zero-order valence-corrected chi connectivity index (χ0v) is 12.8. The topological polar surface area (TPSA) is 34.1 Å². The molecule has 2 aromatic rings. The van der Waals surface area contributed by atoms with Crippen LogP contribution in [0.25, 0.3) is 10.6 Å². The van der Waals surface area contributed by atoms with Crippen molar-refractivity contribution in [2.24, 2.45) is 5.92 Å². The van der Waals surface area contributed by atoms with Crippen LogP contribution in [0.15, 0.2) is 24.4 Å². The van der Waals surface area contributed by atoms with E-state index >= 15 is 0 Å². The number of halogens is 1. The quantitative estimate of drug-likeness (QED) is 0.882. The predicted octanol–water partition coefficient (Wildman–Crippen LogP) is 3.70. The molecule has 1 heterocycles. The Kier molecular flexibility index (Phi) is 5.09. The van der Waals surface area contributed by atoms with Gasteiger partial charge in [-0.3, -0.25) is 0 Å². The van der Waals surface area contributed by atoms with E-state index in [0.29, 0.717) is 5.92 Å². The van der Waals surface area contributed by atoms with E-state index < -0.39 is 0 Å². The SMILES string of the molecule is COc1cc(-c2ncc(CNCC(C)C)s2)ccc1F. The number of aromatic nitrogens is 1. The summed E-state index contributed by atoms with van der Waals surface area (Å²) in [5.74, 6) is 0.521. The molecular formula is C15H19FN2OS. The third kappa shape index (κ3) is 3.77. The fourth-order valence-electron chi connectivity index (χ4n) is 1.80. The monoisotopic (exact) mass is 294 g/mol. The average molecular weight is 294 g/mol. The van der Waals surface area contributed by atoms with E-state index in [0.717, 1.165) is 23.7 Å². The molecule has 0 aliphatic heterocycles. The van der Waals surface area contributed by atoms with Gasteiger partial charge in [-0.05, 0) is 30.7 Å². The van der Waals surface area contributed by atoms with Gasteiger partial charge in [0.15, 0.2) is 11.6 Å². The van der Waals surface area contributed by atoms with Gasteiger partial charge in [0.2, 0.25) is 0 Å². The normalized spacial score (nSPS) is 11.1. The highest BCUT2D eigenvalue weighted by Gasteiger charge is 2.09. The minimum atomic E-state index is -0.355. The smallest absolute Gasteiger partial charge is 0.165 e. The lowest BCUT2D eigenvalue weighted by Gasteiger charge is -2.05. The second kappa shape index (κ2) is 6.81. The number of hydrogen-bond acceptors (Lipinski definition) is 4. The minimum absolute atomic E-state index is 0.247. The maximum absolute atomic E-state index is 13.4. The van der Waals surface area contributed by atoms with Crippen molar-refractivity contribution in [3.05, 3.63) is 35.1 Å². The van der Waals surface area contributed by atoms with Crippen LogP contribution < -0.4 is 10.1 Å². The van der Waals surface area contributed by atoms with Gasteiger partial charge in [0.05, 0.1) is 7.11 Å². The van der Waals surface area contributed by atoms with Crippen LogP contribution in [-0.2, 0) is 6.54 Å². The molecule has 0 aliphatic carbocycles. The van der Waals surface area contributed by atoms with Crippen LogP contribution in [0.2, 0.25) is 0 Å². The number of thiazole rings is 1. The molecule has 1 aromatic carbocycles. The lowest BCUT2D eigenvalue weighted by molar-refractivity contribution is 0.387. The summed E-state index contributed by atoms with van der Waals surface area (Å²) in [7, 11) is 1.46. The maximum Gasteiger partial charge on any atom is 0.165 e. The number of benzene rings is 1. The molecule has 2 rings (SSSR count). The third-order valence-corrected chi connectivity index (χ3v) is 3.85. The Labute approximate surface area is 122 Å². The van der Waals surface area contributed by atoms with Gasteiger partial charge in [0.25, 0.3) is 0 Å². The van der Waals surface area contributed by atoms with Crippen LogP contribution in [-0.4, -0.2) is 18.6 Å². The maximum atomic E-state index is 13.4. The molecule has 0 spiro atoms. The molecule has 0 amide bonds. The van der Waals surface area contributed by atoms with Crippen molar-refractivity contribution >= 4 is 11.3 Å². The molecule has 0 saturated carbocycles. The van der Waals surface area contributed by atoms with E-state index in [-0.39, 0.29) is 11.6 Å². The lowest BCUT2D eigenvalue weighted by Crippen LogP contribution is -2.18. The summed E-state index contributed by atoms with van der Waals surface area (Å²) in [4.78, 5) is 5.56. The van der Waals surface area contributed by atoms with Gasteiger partial charge in [0, 0.05) is 23.2 Å². The van der Waals surface area contributed by atoms with Gasteiger partial charge < -0.3 is 10.1 Å². The Hall–Kier alpha value is -1.46. The molecule has 20 heavy (non-hydrogen) atoms. The van der Waals surface area contributed by atoms with E-state index in [9.17, 15) is 4.39 Å². The second-order valence-corrected chi connectivity index (χ2v) is 6.12. The van der Waals surface area contributed by atoms with Crippen molar-refractivity contribution in [2.75, 3.05) is 13.7 Å². The summed E-state index contributed by atoms with van der Waals surface area (Å²) in [6.45, 7) is 6.15. The molecule has 3 nitrogen and oxygen atoms in total. The minimum Gasteiger partial charge on any atom is -0.494 e. The molecular weight excluding hydrogens is 275 g/mol. The number of ether oxygens (including phenoxy) is 1. The van der Waals surface area contributed by atoms with Crippen LogP contribution in [0.3, 0.4) is 0 Å². The molecule has 1 aromatic heterocycles. The van der Waals surface area contributed by atoms with Crippen molar-refractivity contribution in [3.63, 3.8) is 0 Å². The van der Waals surface area contributed by atoms with Crippen molar-refractivity contribution < 1.29 is 9.13 Å². The number of nitrogens with one attached hydrogen (secondary N) is 1. The van der Waals surface area contributed by atoms with E-state index in [1.807, 2.05) is 6.20 Å². The van der Waals surface area contributed by atoms with E-state index in [2.05, 4.69) is 24.1 Å². The standard InChI is InChI=1S/C15H19FN2OS/c1-10(2)7-17-8-12-9-18-15(20-12)11-4-5-13(16)14(6-11)19-3/h4-6,9-10,17H,7-8H2,1-3H3. The van der Waals surface area contributed by atoms with Crippen LogP contribution in [0.5, 0.6) is 5.75 Å². The molecule has 5 heteroatoms. The number of methoxy groups -OCH3 is 1. The third-order valence-electron chi connectivity index (χ3n) is 2.80. The number of nitrogens with zero attached hydrogens (tertiary/aromatic N) is 1. The summed E-state index contributed by atoms with van der Waals surface area (Å²) < 4.78 is 18.4. The van der Waals surface area contributed by atoms with Gasteiger partial charge >= 0.3 is 0 Å². The van der Waals surface area contributed by atoms with Gasteiger partial charge in [-0.15, -0.1) is 11.3 Å². The second-order valence-electron chi connectivity index (χ2n) is 5.01. The highest BCUT2D eigenvalue weighted by atomic mass is 32.1. The van der Waals surface area contributed by atoms with Crippen molar-refractivity contribution in [3.8, 4) is 16.3 Å². The molecule has 0 atom stereocenters. The summed E-state index contributed by atoms with van der Waals surface area (Å²) in [6.07, 6.45) is 1.86. The van der Waals surface area contributed by atoms with Crippen LogP contribution in [0.1, 0.15) is 18.7 Å². The Morgan fingerprint density at radius 3 is 2.90 bits per heavy atom. The Morgan fingerprint density at radius 1 is 1.40 bits per heavy atom. The summed E-state index contributed by atoms with van der Waals surface area (Å²) in [6, 6.07) is 4.81. The Balaban J connectivity index is 2.08. The molecule has 0 fully saturated rings. The first-order chi connectivity index (χ1) is 9.60. The summed E-state index contributed by atoms with van der Waals surface area (Å²) in [5, 5.41) is 4.26. The zero-order chi connectivity index (χ0) is 14.5. The van der Waals surface area contributed by atoms with Gasteiger partial charge in [-0.1, -0.05) is 13.8 Å². The van der Waals surface area contributed by atoms with Gasteiger partial charge in [-0.25, -0.2) is 9.37 Å². The predicted molar refractivity (Wildman–Crippen MR) is 80.6 cm³/mol. The molecule has 0 aliphatic rings. The fourth-order valence-corrected chi connectivity index (χ4v) is 2.68. The first-order valence-corrected chi connectivity index (χ1v) is 7.41. The lowest BCUT2D eigenvalue weighted by atomic mass is 10.2. The molecule has 0 unspecified atom stereocenters. The average Bonchev–Trinajstić information content (AvgIpc) is 2.87. The van der Waals surface area contributed by atoms with Crippen LogP contribution in [0.4, 0.5) is 4.39 Å². The Morgan fingerprint density at radius 2 is 2.20 bits per heavy atom. The summed E-state index contributed by atoms with van der Waals surface area (Å²) >= 11 is 1.61. The molecule has 108 valence electrons. The van der Waals surface area contributed by atoms with E-state index in [4.69, 9.17) is 4.74 Å². The summed E-state index contributed by atoms with van der Waals surface area (Å²) in [5.41, 5.74) is 0.878. The van der Waals surface area contributed by atoms with Crippen molar-refractivity contribution in [1.82, 2.24) is 10.3 Å². The molecule has 0 radical (unpaired) electrons. The van der Waals surface area contributed by atoms with E-state index in [1.165, 1.54) is 18.1 Å². The molecule has 1 N–H and O–H groups in total. The van der Waals surface area contributed by atoms with Crippen LogP contribution in [0, 0.1) is 11.7 Å². The van der Waals surface area contributed by atoms with Crippen molar-refractivity contribution in [1.29, 1.82) is 0 Å². The fraction of sp³-hybridized carbons (Fsp3) is 0.400. The van der Waals surface area contributed by atoms with Crippen molar-refractivity contribution in [2.45, 2.75) is 20.4 Å². The first-order valence-electron chi connectivity index (χ1n) is 6.59. The van der Waals surface area contributed by atoms with Crippen LogP contribution >= 0.6 is 11.3 Å². The molecule has 0 saturated heterocycles. The van der Waals surface area contributed by atoms with E-state index in [1.54, 1.807) is 23.5 Å². The number of hydrogen-bond donors (Lipinski definition) is 1. The highest BCUT2D eigenvalue weighted by Crippen LogP contribution is 2.29. The van der Waals surface area contributed by atoms with Gasteiger partial charge in [-0.2, -0.15) is 0 Å². The molecule has 0 bridgehead atoms. The van der Waals surface area contributed by atoms with Gasteiger partial charge in [0.1, 0.15) is 5.01 Å². The zero-order valence-electron chi connectivity index (χ0n) is 11.9. The Bertz CT molecular complexity index is 569. The largest absolute Gasteiger partial charge is 0.494 e.